The van der Waals surface area contributed by atoms with E-state index < -0.39 is 0 Å². The van der Waals surface area contributed by atoms with Crippen LogP contribution in [0.3, 0.4) is 0 Å². The Morgan fingerprint density at radius 2 is 1.38 bits per heavy atom. The molecule has 0 radical (unpaired) electrons. The molecule has 1 heterocycles. The first kappa shape index (κ1) is 15.2. The Kier molecular flexibility index (Phi) is 3.36. The van der Waals surface area contributed by atoms with Crippen LogP contribution in [0, 0.1) is 0 Å². The molecule has 0 saturated heterocycles. The molecule has 0 unspecified atom stereocenters. The normalized spacial score (nSPS) is 11.8. The molecule has 0 saturated carbocycles. The van der Waals surface area contributed by atoms with Gasteiger partial charge in [0, 0.05) is 16.3 Å². The Bertz CT molecular complexity index is 1260. The minimum atomic E-state index is 0.480. The largest absolute Gasteiger partial charge is 0.455 e. The predicted molar refractivity (Wildman–Crippen MR) is 111 cm³/mol. The van der Waals surface area contributed by atoms with E-state index >= 15 is 0 Å². The van der Waals surface area contributed by atoms with Crippen LogP contribution in [-0.2, 0) is 0 Å². The molecule has 5 rings (SSSR count). The number of furan rings is 1. The maximum atomic E-state index is 6.29. The molecular formula is C25H20O. The standard InChI is InChI=1S/C25H20O/c1-16(2)18-14-17-8-3-4-9-19(17)23(15-18)22-12-7-11-21-20-10-5-6-13-24(20)26-25(21)22/h3-16H,1-2H3. The Labute approximate surface area is 152 Å². The van der Waals surface area contributed by atoms with E-state index in [1.807, 2.05) is 12.1 Å². The zero-order valence-electron chi connectivity index (χ0n) is 15.0. The van der Waals surface area contributed by atoms with Gasteiger partial charge >= 0.3 is 0 Å². The molecule has 4 aromatic carbocycles. The molecular weight excluding hydrogens is 316 g/mol. The van der Waals surface area contributed by atoms with E-state index in [2.05, 4.69) is 80.6 Å². The monoisotopic (exact) mass is 336 g/mol. The summed E-state index contributed by atoms with van der Waals surface area (Å²) in [6.45, 7) is 4.49. The Morgan fingerprint density at radius 1 is 0.654 bits per heavy atom. The van der Waals surface area contributed by atoms with Crippen LogP contribution in [0.4, 0.5) is 0 Å². The fourth-order valence-electron chi connectivity index (χ4n) is 3.85. The van der Waals surface area contributed by atoms with Crippen molar-refractivity contribution in [3.63, 3.8) is 0 Å². The van der Waals surface area contributed by atoms with Gasteiger partial charge in [-0.2, -0.15) is 0 Å². The van der Waals surface area contributed by atoms with Gasteiger partial charge in [0.1, 0.15) is 11.2 Å². The summed E-state index contributed by atoms with van der Waals surface area (Å²) >= 11 is 0. The van der Waals surface area contributed by atoms with Crippen LogP contribution in [0.25, 0.3) is 43.8 Å². The first-order valence-corrected chi connectivity index (χ1v) is 9.16. The molecule has 0 bridgehead atoms. The minimum Gasteiger partial charge on any atom is -0.455 e. The van der Waals surface area contributed by atoms with Gasteiger partial charge in [-0.05, 0) is 33.9 Å². The average Bonchev–Trinajstić information content (AvgIpc) is 3.06. The third kappa shape index (κ3) is 2.24. The smallest absolute Gasteiger partial charge is 0.143 e. The molecule has 0 fully saturated rings. The van der Waals surface area contributed by atoms with Crippen molar-refractivity contribution in [1.29, 1.82) is 0 Å². The molecule has 0 N–H and O–H groups in total. The molecule has 5 aromatic rings. The van der Waals surface area contributed by atoms with Crippen LogP contribution in [0.2, 0.25) is 0 Å². The molecule has 0 amide bonds. The van der Waals surface area contributed by atoms with Gasteiger partial charge in [0.25, 0.3) is 0 Å². The molecule has 26 heavy (non-hydrogen) atoms. The highest BCUT2D eigenvalue weighted by Crippen LogP contribution is 2.39. The van der Waals surface area contributed by atoms with Gasteiger partial charge in [-0.25, -0.2) is 0 Å². The zero-order chi connectivity index (χ0) is 17.7. The van der Waals surface area contributed by atoms with Crippen molar-refractivity contribution in [2.45, 2.75) is 19.8 Å². The molecule has 1 heteroatoms. The lowest BCUT2D eigenvalue weighted by Gasteiger charge is -2.13. The topological polar surface area (TPSA) is 13.1 Å². The van der Waals surface area contributed by atoms with Crippen LogP contribution in [0.5, 0.6) is 0 Å². The maximum Gasteiger partial charge on any atom is 0.143 e. The quantitative estimate of drug-likeness (QED) is 0.325. The fourth-order valence-corrected chi connectivity index (χ4v) is 3.85. The van der Waals surface area contributed by atoms with Crippen molar-refractivity contribution < 1.29 is 4.42 Å². The van der Waals surface area contributed by atoms with E-state index in [0.717, 1.165) is 16.7 Å². The van der Waals surface area contributed by atoms with Crippen LogP contribution in [0.15, 0.2) is 83.3 Å². The van der Waals surface area contributed by atoms with Gasteiger partial charge in [-0.1, -0.05) is 86.6 Å². The van der Waals surface area contributed by atoms with Gasteiger partial charge in [0.05, 0.1) is 0 Å². The third-order valence-electron chi connectivity index (χ3n) is 5.25. The summed E-state index contributed by atoms with van der Waals surface area (Å²) < 4.78 is 6.29. The summed E-state index contributed by atoms with van der Waals surface area (Å²) in [6.07, 6.45) is 0. The second-order valence-corrected chi connectivity index (χ2v) is 7.22. The van der Waals surface area contributed by atoms with Crippen LogP contribution in [-0.4, -0.2) is 0 Å². The van der Waals surface area contributed by atoms with Crippen molar-refractivity contribution in [2.24, 2.45) is 0 Å². The lowest BCUT2D eigenvalue weighted by Crippen LogP contribution is -1.91. The number of benzene rings is 4. The average molecular weight is 336 g/mol. The van der Waals surface area contributed by atoms with Crippen LogP contribution in [0.1, 0.15) is 25.3 Å². The summed E-state index contributed by atoms with van der Waals surface area (Å²) in [4.78, 5) is 0. The van der Waals surface area contributed by atoms with Crippen molar-refractivity contribution in [2.75, 3.05) is 0 Å². The first-order valence-electron chi connectivity index (χ1n) is 9.16. The van der Waals surface area contributed by atoms with Crippen LogP contribution < -0.4 is 0 Å². The van der Waals surface area contributed by atoms with E-state index in [1.165, 1.54) is 32.7 Å². The predicted octanol–water partition coefficient (Wildman–Crippen LogP) is 7.53. The Morgan fingerprint density at radius 3 is 2.23 bits per heavy atom. The van der Waals surface area contributed by atoms with Crippen molar-refractivity contribution in [3.05, 3.63) is 84.4 Å². The van der Waals surface area contributed by atoms with E-state index in [4.69, 9.17) is 4.42 Å². The van der Waals surface area contributed by atoms with E-state index in [9.17, 15) is 0 Å². The number of hydrogen-bond donors (Lipinski definition) is 0. The number of para-hydroxylation sites is 2. The summed E-state index contributed by atoms with van der Waals surface area (Å²) in [5, 5.41) is 4.90. The molecule has 1 nitrogen and oxygen atoms in total. The van der Waals surface area contributed by atoms with E-state index in [1.54, 1.807) is 0 Å². The lowest BCUT2D eigenvalue weighted by molar-refractivity contribution is 0.670. The van der Waals surface area contributed by atoms with Gasteiger partial charge in [-0.15, -0.1) is 0 Å². The molecule has 0 spiro atoms. The van der Waals surface area contributed by atoms with E-state index in [-0.39, 0.29) is 0 Å². The minimum absolute atomic E-state index is 0.480. The molecule has 0 atom stereocenters. The fraction of sp³-hybridized carbons (Fsp3) is 0.120. The summed E-state index contributed by atoms with van der Waals surface area (Å²) in [5.41, 5.74) is 5.68. The lowest BCUT2D eigenvalue weighted by atomic mass is 9.91. The Balaban J connectivity index is 1.91. The van der Waals surface area contributed by atoms with Crippen molar-refractivity contribution >= 4 is 32.7 Å². The van der Waals surface area contributed by atoms with Gasteiger partial charge in [0.15, 0.2) is 0 Å². The van der Waals surface area contributed by atoms with Crippen molar-refractivity contribution in [1.82, 2.24) is 0 Å². The second kappa shape index (κ2) is 5.74. The summed E-state index contributed by atoms with van der Waals surface area (Å²) in [6, 6.07) is 28.0. The van der Waals surface area contributed by atoms with Crippen molar-refractivity contribution in [3.8, 4) is 11.1 Å². The third-order valence-corrected chi connectivity index (χ3v) is 5.25. The van der Waals surface area contributed by atoms with E-state index in [0.29, 0.717) is 5.92 Å². The highest BCUT2D eigenvalue weighted by Gasteiger charge is 2.15. The van der Waals surface area contributed by atoms with Gasteiger partial charge in [-0.3, -0.25) is 0 Å². The number of fused-ring (bicyclic) bond motifs is 4. The number of rotatable bonds is 2. The van der Waals surface area contributed by atoms with Gasteiger partial charge < -0.3 is 4.42 Å². The van der Waals surface area contributed by atoms with Gasteiger partial charge in [0.2, 0.25) is 0 Å². The van der Waals surface area contributed by atoms with Crippen LogP contribution >= 0.6 is 0 Å². The Hall–Kier alpha value is -3.06. The highest BCUT2D eigenvalue weighted by molar-refractivity contribution is 6.12. The molecule has 0 aliphatic carbocycles. The highest BCUT2D eigenvalue weighted by atomic mass is 16.3. The second-order valence-electron chi connectivity index (χ2n) is 7.22. The molecule has 0 aliphatic rings. The zero-order valence-corrected chi connectivity index (χ0v) is 15.0. The summed E-state index contributed by atoms with van der Waals surface area (Å²) in [5.74, 6) is 0.480. The molecule has 126 valence electrons. The SMILES string of the molecule is CC(C)c1cc(-c2cccc3c2oc2ccccc23)c2ccccc2c1. The maximum absolute atomic E-state index is 6.29. The number of hydrogen-bond acceptors (Lipinski definition) is 1. The molecule has 0 aliphatic heterocycles. The first-order chi connectivity index (χ1) is 12.7. The summed E-state index contributed by atoms with van der Waals surface area (Å²) in [7, 11) is 0. The molecule has 1 aromatic heterocycles.